The quantitative estimate of drug-likeness (QED) is 0.478. The molecular weight excluding hydrogens is 342 g/mol. The number of fused-ring (bicyclic) bond motifs is 1. The van der Waals surface area contributed by atoms with Crippen LogP contribution in [-0.4, -0.2) is 23.0 Å². The zero-order valence-corrected chi connectivity index (χ0v) is 17.6. The second-order valence-corrected chi connectivity index (χ2v) is 14.1. The van der Waals surface area contributed by atoms with E-state index in [1.807, 2.05) is 18.2 Å². The minimum absolute atomic E-state index is 0.0434. The number of nitrogens with zero attached hydrogens (tertiary/aromatic N) is 2. The molecule has 0 aliphatic rings. The Bertz CT molecular complexity index is 959. The van der Waals surface area contributed by atoms with Crippen molar-refractivity contribution in [3.8, 4) is 22.0 Å². The van der Waals surface area contributed by atoms with Crippen molar-refractivity contribution in [1.82, 2.24) is 9.38 Å². The molecule has 0 saturated carbocycles. The molecule has 3 nitrogen and oxygen atoms in total. The van der Waals surface area contributed by atoms with Crippen molar-refractivity contribution >= 4 is 30.9 Å². The summed E-state index contributed by atoms with van der Waals surface area (Å²) in [7, 11) is -1.37. The fraction of sp³-hybridized carbons (Fsp3) is 0.350. The summed E-state index contributed by atoms with van der Waals surface area (Å²) in [6, 6.07) is 10.3. The molecule has 5 heteroatoms. The third-order valence-corrected chi connectivity index (χ3v) is 5.31. The maximum absolute atomic E-state index is 4.86. The van der Waals surface area contributed by atoms with E-state index in [1.54, 1.807) is 11.3 Å². The van der Waals surface area contributed by atoms with Gasteiger partial charge in [0.1, 0.15) is 25.2 Å². The Morgan fingerprint density at radius 1 is 1.12 bits per heavy atom. The predicted molar refractivity (Wildman–Crippen MR) is 112 cm³/mol. The summed E-state index contributed by atoms with van der Waals surface area (Å²) in [5.41, 5.74) is 5.34. The molecule has 0 saturated heterocycles. The third kappa shape index (κ3) is 4.33. The van der Waals surface area contributed by atoms with E-state index >= 15 is 0 Å². The highest BCUT2D eigenvalue weighted by Crippen LogP contribution is 2.34. The molecule has 0 atom stereocenters. The third-order valence-electron chi connectivity index (χ3n) is 3.42. The maximum atomic E-state index is 4.86. The van der Waals surface area contributed by atoms with Crippen LogP contribution in [0.3, 0.4) is 0 Å². The van der Waals surface area contributed by atoms with Gasteiger partial charge in [-0.25, -0.2) is 4.98 Å². The molecule has 0 aliphatic carbocycles. The standard InChI is InChI=1S/C20H25N3SSi/c1-20(2,3)22-19-18(21-17-9-7-8-13-23(17)19)16-11-10-15(24-16)12-14-25(4,5)6/h7-11,13,22H,1-6H3. The van der Waals surface area contributed by atoms with Crippen molar-refractivity contribution in [2.75, 3.05) is 5.32 Å². The number of pyridine rings is 1. The largest absolute Gasteiger partial charge is 0.365 e. The molecule has 3 aromatic rings. The first-order valence-corrected chi connectivity index (χ1v) is 12.8. The molecule has 3 rings (SSSR count). The highest BCUT2D eigenvalue weighted by atomic mass is 32.1. The van der Waals surface area contributed by atoms with Crippen LogP contribution >= 0.6 is 11.3 Å². The smallest absolute Gasteiger partial charge is 0.140 e. The Morgan fingerprint density at radius 2 is 1.88 bits per heavy atom. The molecule has 3 aromatic heterocycles. The van der Waals surface area contributed by atoms with E-state index in [4.69, 9.17) is 4.98 Å². The summed E-state index contributed by atoms with van der Waals surface area (Å²) in [6.07, 6.45) is 2.05. The van der Waals surface area contributed by atoms with Gasteiger partial charge in [-0.3, -0.25) is 4.40 Å². The van der Waals surface area contributed by atoms with Gasteiger partial charge in [0.2, 0.25) is 0 Å². The van der Waals surface area contributed by atoms with Crippen molar-refractivity contribution in [2.45, 2.75) is 46.0 Å². The number of hydrogen-bond donors (Lipinski definition) is 1. The molecule has 1 N–H and O–H groups in total. The van der Waals surface area contributed by atoms with Gasteiger partial charge in [0, 0.05) is 11.7 Å². The van der Waals surface area contributed by atoms with E-state index in [2.05, 4.69) is 79.9 Å². The molecule has 0 spiro atoms. The minimum atomic E-state index is -1.37. The fourth-order valence-corrected chi connectivity index (χ4v) is 3.87. The lowest BCUT2D eigenvalue weighted by atomic mass is 10.1. The highest BCUT2D eigenvalue weighted by molar-refractivity contribution is 7.16. The molecule has 130 valence electrons. The van der Waals surface area contributed by atoms with Gasteiger partial charge in [-0.2, -0.15) is 0 Å². The molecule has 0 aliphatic heterocycles. The molecule has 0 radical (unpaired) electrons. The summed E-state index contributed by atoms with van der Waals surface area (Å²) in [5, 5.41) is 3.61. The average molecular weight is 368 g/mol. The lowest BCUT2D eigenvalue weighted by molar-refractivity contribution is 0.630. The molecule has 0 bridgehead atoms. The van der Waals surface area contributed by atoms with Crippen LogP contribution in [0.25, 0.3) is 16.2 Å². The van der Waals surface area contributed by atoms with Crippen molar-refractivity contribution in [3.63, 3.8) is 0 Å². The van der Waals surface area contributed by atoms with E-state index in [1.165, 1.54) is 0 Å². The number of imidazole rings is 1. The first kappa shape index (κ1) is 17.8. The lowest BCUT2D eigenvalue weighted by Crippen LogP contribution is -2.27. The van der Waals surface area contributed by atoms with E-state index in [-0.39, 0.29) is 5.54 Å². The van der Waals surface area contributed by atoms with Crippen LogP contribution in [-0.2, 0) is 0 Å². The van der Waals surface area contributed by atoms with Gasteiger partial charge in [0.25, 0.3) is 0 Å². The SMILES string of the molecule is CC(C)(C)Nc1c(-c2ccc(C#C[Si](C)(C)C)s2)nc2ccccn12. The topological polar surface area (TPSA) is 29.3 Å². The average Bonchev–Trinajstić information content (AvgIpc) is 3.08. The lowest BCUT2D eigenvalue weighted by Gasteiger charge is -2.22. The summed E-state index contributed by atoms with van der Waals surface area (Å²) >= 11 is 1.71. The molecule has 0 fully saturated rings. The zero-order valence-electron chi connectivity index (χ0n) is 15.8. The number of thiophene rings is 1. The van der Waals surface area contributed by atoms with Crippen LogP contribution in [0.4, 0.5) is 5.82 Å². The first-order valence-electron chi connectivity index (χ1n) is 8.51. The number of rotatable bonds is 2. The van der Waals surface area contributed by atoms with E-state index in [0.29, 0.717) is 0 Å². The fourth-order valence-electron chi connectivity index (χ4n) is 2.42. The van der Waals surface area contributed by atoms with Crippen LogP contribution in [0.5, 0.6) is 0 Å². The molecule has 0 unspecified atom stereocenters. The Hall–Kier alpha value is -2.03. The second kappa shape index (κ2) is 6.36. The van der Waals surface area contributed by atoms with Crippen LogP contribution in [0.15, 0.2) is 36.5 Å². The first-order chi connectivity index (χ1) is 11.6. The van der Waals surface area contributed by atoms with Crippen LogP contribution in [0.2, 0.25) is 19.6 Å². The summed E-state index contributed by atoms with van der Waals surface area (Å²) in [4.78, 5) is 7.12. The summed E-state index contributed by atoms with van der Waals surface area (Å²) < 4.78 is 2.12. The Labute approximate surface area is 155 Å². The molecule has 0 aromatic carbocycles. The minimum Gasteiger partial charge on any atom is -0.365 e. The van der Waals surface area contributed by atoms with Crippen molar-refractivity contribution in [3.05, 3.63) is 41.4 Å². The van der Waals surface area contributed by atoms with Crippen molar-refractivity contribution < 1.29 is 0 Å². The van der Waals surface area contributed by atoms with Gasteiger partial charge in [-0.1, -0.05) is 31.6 Å². The van der Waals surface area contributed by atoms with Crippen molar-refractivity contribution in [1.29, 1.82) is 0 Å². The van der Waals surface area contributed by atoms with Crippen LogP contribution in [0, 0.1) is 11.5 Å². The number of hydrogen-bond acceptors (Lipinski definition) is 3. The second-order valence-electron chi connectivity index (χ2n) is 8.28. The number of nitrogens with one attached hydrogen (secondary N) is 1. The highest BCUT2D eigenvalue weighted by Gasteiger charge is 2.20. The van der Waals surface area contributed by atoms with Crippen LogP contribution in [0.1, 0.15) is 25.6 Å². The van der Waals surface area contributed by atoms with Crippen molar-refractivity contribution in [2.24, 2.45) is 0 Å². The Kier molecular flexibility index (Phi) is 4.52. The van der Waals surface area contributed by atoms with E-state index < -0.39 is 8.07 Å². The Balaban J connectivity index is 2.08. The van der Waals surface area contributed by atoms with Gasteiger partial charge < -0.3 is 5.32 Å². The number of anilines is 1. The van der Waals surface area contributed by atoms with E-state index in [9.17, 15) is 0 Å². The molecule has 25 heavy (non-hydrogen) atoms. The van der Waals surface area contributed by atoms with Gasteiger partial charge in [-0.15, -0.1) is 16.9 Å². The molecular formula is C20H25N3SSi. The van der Waals surface area contributed by atoms with Gasteiger partial charge in [0.05, 0.1) is 9.75 Å². The van der Waals surface area contributed by atoms with Gasteiger partial charge >= 0.3 is 0 Å². The van der Waals surface area contributed by atoms with E-state index in [0.717, 1.165) is 26.9 Å². The monoisotopic (exact) mass is 367 g/mol. The zero-order chi connectivity index (χ0) is 18.2. The van der Waals surface area contributed by atoms with Crippen LogP contribution < -0.4 is 5.32 Å². The van der Waals surface area contributed by atoms with Gasteiger partial charge in [0.15, 0.2) is 0 Å². The Morgan fingerprint density at radius 3 is 2.56 bits per heavy atom. The normalized spacial score (nSPS) is 12.1. The van der Waals surface area contributed by atoms with Gasteiger partial charge in [-0.05, 0) is 45.0 Å². The summed E-state index contributed by atoms with van der Waals surface area (Å²) in [5.74, 6) is 4.39. The molecule has 0 amide bonds. The predicted octanol–water partition coefficient (Wildman–Crippen LogP) is 5.50. The number of aromatic nitrogens is 2. The maximum Gasteiger partial charge on any atom is 0.140 e. The molecule has 3 heterocycles. The summed E-state index contributed by atoms with van der Waals surface area (Å²) in [6.45, 7) is 13.3.